The van der Waals surface area contributed by atoms with E-state index in [-0.39, 0.29) is 12.8 Å². The Morgan fingerprint density at radius 2 is 2.09 bits per heavy atom. The standard InChI is InChI=1S/C8H11F2.Ni/c1-2-3-5-8(10)6-4-7-9;/h1-3,5,8H,4,6-7H2;. The molecule has 0 nitrogen and oxygen atoms in total. The van der Waals surface area contributed by atoms with Gasteiger partial charge < -0.3 is 0 Å². The van der Waals surface area contributed by atoms with Crippen molar-refractivity contribution in [3.05, 3.63) is 23.3 Å². The van der Waals surface area contributed by atoms with E-state index >= 15 is 0 Å². The van der Waals surface area contributed by atoms with Crippen LogP contribution >= 0.6 is 0 Å². The predicted octanol–water partition coefficient (Wildman–Crippen LogP) is 2.69. The van der Waals surface area contributed by atoms with Crippen molar-refractivity contribution in [2.24, 2.45) is 0 Å². The third-order valence-corrected chi connectivity index (χ3v) is 1.30. The van der Waals surface area contributed by atoms with E-state index in [4.69, 9.17) is 0 Å². The molecule has 0 aromatic carbocycles. The Morgan fingerprint density at radius 3 is 2.64 bits per heavy atom. The van der Waals surface area contributed by atoms with Crippen LogP contribution in [0.25, 0.3) is 0 Å². The molecule has 0 saturated carbocycles. The van der Waals surface area contributed by atoms with Gasteiger partial charge in [0.05, 0.1) is 0 Å². The van der Waals surface area contributed by atoms with Crippen LogP contribution in [0, 0.1) is 0 Å². The fourth-order valence-corrected chi connectivity index (χ4v) is 0.698. The second-order valence-electron chi connectivity index (χ2n) is 2.03. The topological polar surface area (TPSA) is 0 Å². The van der Waals surface area contributed by atoms with Crippen molar-refractivity contribution < 1.29 is 24.2 Å². The van der Waals surface area contributed by atoms with Gasteiger partial charge >= 0.3 is 73.2 Å². The number of allylic oxidation sites excluding steroid dienone is 3. The first-order valence-corrected chi connectivity index (χ1v) is 3.98. The number of alkyl halides is 2. The van der Waals surface area contributed by atoms with Crippen molar-refractivity contribution in [3.63, 3.8) is 0 Å². The molecule has 0 aliphatic rings. The Bertz CT molecular complexity index is 132. The van der Waals surface area contributed by atoms with Crippen LogP contribution in [0.4, 0.5) is 8.78 Å². The van der Waals surface area contributed by atoms with Gasteiger partial charge in [0.25, 0.3) is 0 Å². The molecule has 3 heteroatoms. The van der Waals surface area contributed by atoms with Gasteiger partial charge in [-0.3, -0.25) is 0 Å². The summed E-state index contributed by atoms with van der Waals surface area (Å²) in [5, 5.41) is 1.44. The molecule has 0 radical (unpaired) electrons. The van der Waals surface area contributed by atoms with Gasteiger partial charge in [0.15, 0.2) is 0 Å². The first kappa shape index (κ1) is 10.8. The molecular weight excluding hydrogens is 193 g/mol. The van der Waals surface area contributed by atoms with E-state index < -0.39 is 12.8 Å². The first-order chi connectivity index (χ1) is 5.31. The van der Waals surface area contributed by atoms with Crippen LogP contribution < -0.4 is 0 Å². The Morgan fingerprint density at radius 1 is 1.36 bits per heavy atom. The molecule has 0 spiro atoms. The molecule has 0 aromatic heterocycles. The van der Waals surface area contributed by atoms with E-state index in [9.17, 15) is 8.78 Å². The van der Waals surface area contributed by atoms with Gasteiger partial charge in [-0.1, -0.05) is 0 Å². The normalized spacial score (nSPS) is 14.9. The van der Waals surface area contributed by atoms with Gasteiger partial charge in [0.2, 0.25) is 0 Å². The van der Waals surface area contributed by atoms with E-state index in [1.807, 2.05) is 0 Å². The van der Waals surface area contributed by atoms with Crippen LogP contribution in [-0.4, -0.2) is 12.8 Å². The van der Waals surface area contributed by atoms with E-state index in [1.54, 1.807) is 12.2 Å². The fraction of sp³-hybridized carbons (Fsp3) is 0.500. The summed E-state index contributed by atoms with van der Waals surface area (Å²) in [6, 6.07) is 0. The zero-order valence-corrected chi connectivity index (χ0v) is 7.07. The summed E-state index contributed by atoms with van der Waals surface area (Å²) in [6.07, 6.45) is 4.01. The summed E-state index contributed by atoms with van der Waals surface area (Å²) in [7, 11) is 0. The average Bonchev–Trinajstić information content (AvgIpc) is 2.01. The number of halogens is 2. The summed E-state index contributed by atoms with van der Waals surface area (Å²) >= 11 is 4.22. The summed E-state index contributed by atoms with van der Waals surface area (Å²) in [5.41, 5.74) is 0. The Labute approximate surface area is 73.7 Å². The van der Waals surface area contributed by atoms with Gasteiger partial charge in [0, 0.05) is 0 Å². The number of hydrogen-bond acceptors (Lipinski definition) is 0. The van der Waals surface area contributed by atoms with Crippen molar-refractivity contribution in [1.82, 2.24) is 0 Å². The zero-order valence-electron chi connectivity index (χ0n) is 6.08. The van der Waals surface area contributed by atoms with E-state index in [0.717, 1.165) is 0 Å². The third-order valence-electron chi connectivity index (χ3n) is 1.11. The Balaban J connectivity index is 3.42. The van der Waals surface area contributed by atoms with Crippen LogP contribution in [0.3, 0.4) is 0 Å². The molecule has 0 amide bonds. The second kappa shape index (κ2) is 7.94. The van der Waals surface area contributed by atoms with Gasteiger partial charge in [-0.2, -0.15) is 0 Å². The minimum absolute atomic E-state index is 0.252. The Hall–Kier alpha value is -0.166. The van der Waals surface area contributed by atoms with Crippen LogP contribution in [0.2, 0.25) is 0 Å². The first-order valence-electron chi connectivity index (χ1n) is 3.41. The maximum atomic E-state index is 12.6. The molecule has 1 unspecified atom stereocenters. The van der Waals surface area contributed by atoms with Crippen LogP contribution in [0.1, 0.15) is 12.8 Å². The monoisotopic (exact) mass is 203 g/mol. The molecule has 67 valence electrons. The van der Waals surface area contributed by atoms with Crippen molar-refractivity contribution in [2.45, 2.75) is 19.0 Å². The predicted molar refractivity (Wildman–Crippen MR) is 38.4 cm³/mol. The van der Waals surface area contributed by atoms with Gasteiger partial charge in [0.1, 0.15) is 0 Å². The molecule has 0 rings (SSSR count). The summed E-state index contributed by atoms with van der Waals surface area (Å²) < 4.78 is 24.1. The molecule has 0 aliphatic heterocycles. The van der Waals surface area contributed by atoms with Crippen LogP contribution in [0.5, 0.6) is 0 Å². The molecular formula is C8H11F2Ni. The van der Waals surface area contributed by atoms with Crippen LogP contribution in [-0.2, 0) is 15.5 Å². The molecule has 0 fully saturated rings. The zero-order chi connectivity index (χ0) is 8.53. The van der Waals surface area contributed by atoms with E-state index in [0.29, 0.717) is 0 Å². The Kier molecular flexibility index (Phi) is 7.82. The summed E-state index contributed by atoms with van der Waals surface area (Å²) in [4.78, 5) is 0. The SMILES string of the molecule is FCCCC(F)C=CC=[CH][Ni]. The average molecular weight is 204 g/mol. The van der Waals surface area contributed by atoms with Crippen molar-refractivity contribution in [3.8, 4) is 0 Å². The van der Waals surface area contributed by atoms with Crippen molar-refractivity contribution >= 4 is 0 Å². The van der Waals surface area contributed by atoms with Crippen molar-refractivity contribution in [1.29, 1.82) is 0 Å². The van der Waals surface area contributed by atoms with Crippen molar-refractivity contribution in [2.75, 3.05) is 6.67 Å². The van der Waals surface area contributed by atoms with E-state index in [2.05, 4.69) is 15.5 Å². The molecule has 0 saturated heterocycles. The second-order valence-corrected chi connectivity index (χ2v) is 2.36. The molecule has 11 heavy (non-hydrogen) atoms. The number of rotatable bonds is 5. The quantitative estimate of drug-likeness (QED) is 0.476. The number of hydrogen-bond donors (Lipinski definition) is 0. The van der Waals surface area contributed by atoms with Crippen LogP contribution in [0.15, 0.2) is 23.3 Å². The molecule has 0 bridgehead atoms. The van der Waals surface area contributed by atoms with E-state index in [1.165, 1.54) is 11.1 Å². The molecule has 0 aliphatic carbocycles. The van der Waals surface area contributed by atoms with Gasteiger partial charge in [-0.15, -0.1) is 0 Å². The maximum absolute atomic E-state index is 12.6. The van der Waals surface area contributed by atoms with Gasteiger partial charge in [-0.25, -0.2) is 0 Å². The fourth-order valence-electron chi connectivity index (χ4n) is 0.588. The molecule has 1 atom stereocenters. The summed E-state index contributed by atoms with van der Waals surface area (Å²) in [6.45, 7) is -0.451. The van der Waals surface area contributed by atoms with Gasteiger partial charge in [-0.05, 0) is 0 Å². The molecule has 0 heterocycles. The molecule has 0 aromatic rings. The molecule has 0 N–H and O–H groups in total. The minimum atomic E-state index is -1.04. The third kappa shape index (κ3) is 7.73. The summed E-state index contributed by atoms with van der Waals surface area (Å²) in [5.74, 6) is 0.